The molecule has 0 aliphatic rings. The van der Waals surface area contributed by atoms with Gasteiger partial charge in [0, 0.05) is 14.3 Å². The predicted octanol–water partition coefficient (Wildman–Crippen LogP) is 1.66. The van der Waals surface area contributed by atoms with Gasteiger partial charge < -0.3 is 4.74 Å². The molecule has 0 N–H and O–H groups in total. The molecule has 0 saturated heterocycles. The largest absolute Gasteiger partial charge is 0.378 e. The number of ether oxygens (including phenoxy) is 1. The van der Waals surface area contributed by atoms with Crippen molar-refractivity contribution in [2.45, 2.75) is 20.8 Å². The zero-order valence-corrected chi connectivity index (χ0v) is 8.13. The topological polar surface area (TPSA) is 9.23 Å². The van der Waals surface area contributed by atoms with Crippen molar-refractivity contribution >= 4 is 14.9 Å². The molecule has 0 aromatic rings. The summed E-state index contributed by atoms with van der Waals surface area (Å²) < 4.78 is 5.19. The summed E-state index contributed by atoms with van der Waals surface area (Å²) in [5.74, 6) is 1.89. The molecule has 0 rings (SSSR count). The highest BCUT2D eigenvalue weighted by atomic mass is 16.5. The Hall–Kier alpha value is -0.430. The lowest BCUT2D eigenvalue weighted by atomic mass is 9.55. The zero-order valence-electron chi connectivity index (χ0n) is 8.13. The Labute approximate surface area is 77.5 Å². The van der Waals surface area contributed by atoms with Crippen LogP contribution < -0.4 is 0 Å². The van der Waals surface area contributed by atoms with Crippen molar-refractivity contribution in [1.82, 2.24) is 0 Å². The van der Waals surface area contributed by atoms with E-state index in [4.69, 9.17) is 12.5 Å². The fraction of sp³-hybridized carbons (Fsp3) is 0.556. The molecule has 0 saturated carbocycles. The maximum atomic E-state index is 5.26. The van der Waals surface area contributed by atoms with Crippen LogP contribution in [0.1, 0.15) is 20.8 Å². The van der Waals surface area contributed by atoms with Gasteiger partial charge in [-0.2, -0.15) is 0 Å². The standard InChI is InChI=1S/C9H15B2O/c1-4-12-6-5-8(2)9(3)7-11-10/h5,7H,4,6H2,1-3H3/b8-5+,9-7+. The van der Waals surface area contributed by atoms with Crippen LogP contribution in [0.3, 0.4) is 0 Å². The molecule has 3 heteroatoms. The minimum Gasteiger partial charge on any atom is -0.378 e. The molecule has 0 aromatic carbocycles. The smallest absolute Gasteiger partial charge is 0.0859 e. The summed E-state index contributed by atoms with van der Waals surface area (Å²) in [4.78, 5) is 0. The number of hydrogen-bond acceptors (Lipinski definition) is 1. The summed E-state index contributed by atoms with van der Waals surface area (Å²) in [5, 5.41) is 0. The highest BCUT2D eigenvalue weighted by Gasteiger charge is 1.90. The molecule has 0 fully saturated rings. The van der Waals surface area contributed by atoms with Crippen molar-refractivity contribution in [2.75, 3.05) is 13.2 Å². The molecule has 0 bridgehead atoms. The maximum Gasteiger partial charge on any atom is 0.0859 e. The minimum absolute atomic E-state index is 0.679. The van der Waals surface area contributed by atoms with Gasteiger partial charge in [0.15, 0.2) is 0 Å². The summed E-state index contributed by atoms with van der Waals surface area (Å²) in [5.41, 5.74) is 2.39. The maximum absolute atomic E-state index is 5.26. The van der Waals surface area contributed by atoms with E-state index >= 15 is 0 Å². The Morgan fingerprint density at radius 1 is 1.42 bits per heavy atom. The van der Waals surface area contributed by atoms with E-state index in [2.05, 4.69) is 6.08 Å². The van der Waals surface area contributed by atoms with Crippen molar-refractivity contribution in [1.29, 1.82) is 0 Å². The molecule has 0 spiro atoms. The third-order valence-corrected chi connectivity index (χ3v) is 1.68. The molecule has 0 unspecified atom stereocenters. The van der Waals surface area contributed by atoms with Gasteiger partial charge in [-0.05, 0) is 20.8 Å². The number of hydrogen-bond donors (Lipinski definition) is 0. The third-order valence-electron chi connectivity index (χ3n) is 1.68. The molecule has 63 valence electrons. The van der Waals surface area contributed by atoms with Crippen molar-refractivity contribution in [3.63, 3.8) is 0 Å². The zero-order chi connectivity index (χ0) is 9.40. The van der Waals surface area contributed by atoms with E-state index in [9.17, 15) is 0 Å². The van der Waals surface area contributed by atoms with Gasteiger partial charge in [0.25, 0.3) is 0 Å². The van der Waals surface area contributed by atoms with Crippen molar-refractivity contribution < 1.29 is 4.74 Å². The second-order valence-corrected chi connectivity index (χ2v) is 2.59. The Morgan fingerprint density at radius 2 is 2.08 bits per heavy atom. The average molecular weight is 161 g/mol. The van der Waals surface area contributed by atoms with Crippen LogP contribution in [0.5, 0.6) is 0 Å². The third kappa shape index (κ3) is 5.25. The van der Waals surface area contributed by atoms with Gasteiger partial charge in [-0.1, -0.05) is 17.2 Å². The highest BCUT2D eigenvalue weighted by Crippen LogP contribution is 2.06. The van der Waals surface area contributed by atoms with E-state index in [1.807, 2.05) is 26.7 Å². The monoisotopic (exact) mass is 161 g/mol. The van der Waals surface area contributed by atoms with Crippen LogP contribution in [0.15, 0.2) is 23.2 Å². The Bertz CT molecular complexity index is 173. The molecule has 12 heavy (non-hydrogen) atoms. The molecule has 0 aliphatic carbocycles. The van der Waals surface area contributed by atoms with Crippen LogP contribution in [0.4, 0.5) is 0 Å². The van der Waals surface area contributed by atoms with Crippen molar-refractivity contribution in [2.24, 2.45) is 0 Å². The lowest BCUT2D eigenvalue weighted by Crippen LogP contribution is -1.92. The average Bonchev–Trinajstić information content (AvgIpc) is 2.05. The van der Waals surface area contributed by atoms with Crippen molar-refractivity contribution in [3.05, 3.63) is 23.2 Å². The quantitative estimate of drug-likeness (QED) is 0.338. The van der Waals surface area contributed by atoms with Gasteiger partial charge in [0.1, 0.15) is 0 Å². The van der Waals surface area contributed by atoms with E-state index < -0.39 is 0 Å². The first-order valence-electron chi connectivity index (χ1n) is 4.19. The molecule has 0 heterocycles. The molecule has 3 radical (unpaired) electrons. The summed E-state index contributed by atoms with van der Waals surface area (Å²) in [6, 6.07) is 0. The Kier molecular flexibility index (Phi) is 6.97. The summed E-state index contributed by atoms with van der Waals surface area (Å²) in [6.07, 6.45) is 2.05. The molecular weight excluding hydrogens is 146 g/mol. The van der Waals surface area contributed by atoms with Gasteiger partial charge in [-0.3, -0.25) is 0 Å². The first kappa shape index (κ1) is 11.6. The van der Waals surface area contributed by atoms with Crippen LogP contribution in [0.25, 0.3) is 0 Å². The lowest BCUT2D eigenvalue weighted by Gasteiger charge is -2.01. The van der Waals surface area contributed by atoms with Gasteiger partial charge in [0.2, 0.25) is 0 Å². The van der Waals surface area contributed by atoms with Gasteiger partial charge in [-0.15, -0.1) is 5.98 Å². The molecular formula is C9H15B2O. The predicted molar refractivity (Wildman–Crippen MR) is 55.5 cm³/mol. The lowest BCUT2D eigenvalue weighted by molar-refractivity contribution is 0.177. The van der Waals surface area contributed by atoms with Crippen molar-refractivity contribution in [3.8, 4) is 0 Å². The van der Waals surface area contributed by atoms with E-state index in [1.165, 1.54) is 11.1 Å². The summed E-state index contributed by atoms with van der Waals surface area (Å²) in [7, 11) is 6.81. The van der Waals surface area contributed by atoms with Crippen LogP contribution in [-0.4, -0.2) is 28.1 Å². The summed E-state index contributed by atoms with van der Waals surface area (Å²) in [6.45, 7) is 7.50. The SMILES string of the molecule is [B][B]/C=C(C)/C(C)=C/COCC. The van der Waals surface area contributed by atoms with E-state index in [1.54, 1.807) is 7.17 Å². The molecule has 0 amide bonds. The van der Waals surface area contributed by atoms with Gasteiger partial charge in [-0.25, -0.2) is 0 Å². The van der Waals surface area contributed by atoms with E-state index in [0.717, 1.165) is 6.61 Å². The fourth-order valence-electron chi connectivity index (χ4n) is 0.739. The second-order valence-electron chi connectivity index (χ2n) is 2.59. The van der Waals surface area contributed by atoms with Gasteiger partial charge >= 0.3 is 0 Å². The normalized spacial score (nSPS) is 13.2. The first-order chi connectivity index (χ1) is 5.72. The van der Waals surface area contributed by atoms with Crippen LogP contribution in [-0.2, 0) is 4.74 Å². The van der Waals surface area contributed by atoms with E-state index in [0.29, 0.717) is 6.61 Å². The van der Waals surface area contributed by atoms with Gasteiger partial charge in [0.05, 0.1) is 13.8 Å². The Morgan fingerprint density at radius 3 is 2.58 bits per heavy atom. The molecule has 0 aromatic heterocycles. The van der Waals surface area contributed by atoms with E-state index in [-0.39, 0.29) is 0 Å². The number of rotatable bonds is 5. The Balaban J connectivity index is 3.90. The minimum atomic E-state index is 0.679. The molecule has 1 nitrogen and oxygen atoms in total. The number of allylic oxidation sites excluding steroid dienone is 2. The van der Waals surface area contributed by atoms with Crippen LogP contribution >= 0.6 is 0 Å². The fourth-order valence-corrected chi connectivity index (χ4v) is 0.739. The molecule has 0 aliphatic heterocycles. The van der Waals surface area contributed by atoms with Crippen LogP contribution in [0, 0.1) is 0 Å². The molecule has 0 atom stereocenters. The first-order valence-corrected chi connectivity index (χ1v) is 4.19. The summed E-state index contributed by atoms with van der Waals surface area (Å²) >= 11 is 0. The highest BCUT2D eigenvalue weighted by molar-refractivity contribution is 6.92. The van der Waals surface area contributed by atoms with Crippen LogP contribution in [0.2, 0.25) is 0 Å². The second kappa shape index (κ2) is 7.23.